The fraction of sp³-hybridized carbons (Fsp3) is 0.214. The van der Waals surface area contributed by atoms with Crippen molar-refractivity contribution < 1.29 is 13.6 Å². The highest BCUT2D eigenvalue weighted by atomic mass is 19.1. The van der Waals surface area contributed by atoms with Crippen LogP contribution in [0.3, 0.4) is 0 Å². The molecule has 5 nitrogen and oxygen atoms in total. The van der Waals surface area contributed by atoms with Crippen molar-refractivity contribution in [1.82, 2.24) is 15.3 Å². The maximum atomic E-state index is 13.5. The number of aromatic nitrogens is 2. The first kappa shape index (κ1) is 14.8. The third kappa shape index (κ3) is 3.71. The lowest BCUT2D eigenvalue weighted by Gasteiger charge is -2.09. The molecule has 1 aromatic heterocycles. The number of hydrogen-bond donors (Lipinski definition) is 2. The quantitative estimate of drug-likeness (QED) is 0.909. The molecule has 0 fully saturated rings. The van der Waals surface area contributed by atoms with Gasteiger partial charge in [0.2, 0.25) is 0 Å². The Balaban J connectivity index is 2.15. The highest BCUT2D eigenvalue weighted by molar-refractivity contribution is 5.92. The number of halogens is 2. The predicted molar refractivity (Wildman–Crippen MR) is 74.3 cm³/mol. The highest BCUT2D eigenvalue weighted by Crippen LogP contribution is 2.21. The van der Waals surface area contributed by atoms with Crippen LogP contribution >= 0.6 is 0 Å². The number of hydrogen-bond acceptors (Lipinski definition) is 4. The molecule has 21 heavy (non-hydrogen) atoms. The van der Waals surface area contributed by atoms with E-state index in [2.05, 4.69) is 20.6 Å². The molecule has 1 heterocycles. The molecule has 0 atom stereocenters. The Morgan fingerprint density at radius 2 is 1.81 bits per heavy atom. The third-order valence-electron chi connectivity index (χ3n) is 2.52. The highest BCUT2D eigenvalue weighted by Gasteiger charge is 2.11. The zero-order valence-corrected chi connectivity index (χ0v) is 11.5. The lowest BCUT2D eigenvalue weighted by atomic mass is 10.3. The van der Waals surface area contributed by atoms with Crippen LogP contribution in [-0.2, 0) is 0 Å². The lowest BCUT2D eigenvalue weighted by Crippen LogP contribution is -2.30. The molecule has 0 aliphatic carbocycles. The Labute approximate surface area is 120 Å². The fourth-order valence-corrected chi connectivity index (χ4v) is 1.59. The van der Waals surface area contributed by atoms with Gasteiger partial charge in [-0.1, -0.05) is 6.07 Å². The molecule has 7 heteroatoms. The molecule has 0 aliphatic rings. The molecule has 1 amide bonds. The summed E-state index contributed by atoms with van der Waals surface area (Å²) in [7, 11) is 0. The van der Waals surface area contributed by atoms with E-state index in [0.717, 1.165) is 12.1 Å². The summed E-state index contributed by atoms with van der Waals surface area (Å²) in [4.78, 5) is 19.5. The normalized spacial score (nSPS) is 10.5. The first-order chi connectivity index (χ1) is 9.97. The van der Waals surface area contributed by atoms with Gasteiger partial charge in [0.15, 0.2) is 0 Å². The Kier molecular flexibility index (Phi) is 4.42. The molecule has 0 radical (unpaired) electrons. The maximum Gasteiger partial charge on any atom is 0.271 e. The van der Waals surface area contributed by atoms with E-state index in [9.17, 15) is 13.6 Å². The molecule has 110 valence electrons. The van der Waals surface area contributed by atoms with Crippen molar-refractivity contribution in [2.24, 2.45) is 0 Å². The molecule has 0 saturated heterocycles. The van der Waals surface area contributed by atoms with Crippen LogP contribution in [0.4, 0.5) is 20.3 Å². The summed E-state index contributed by atoms with van der Waals surface area (Å²) in [6, 6.07) is 3.50. The van der Waals surface area contributed by atoms with Crippen LogP contribution in [0, 0.1) is 11.6 Å². The maximum absolute atomic E-state index is 13.5. The smallest absolute Gasteiger partial charge is 0.271 e. The zero-order valence-electron chi connectivity index (χ0n) is 11.5. The van der Waals surface area contributed by atoms with Crippen LogP contribution in [0.5, 0.6) is 0 Å². The molecule has 0 saturated carbocycles. The number of para-hydroxylation sites is 1. The Morgan fingerprint density at radius 1 is 1.14 bits per heavy atom. The Morgan fingerprint density at radius 3 is 2.33 bits per heavy atom. The predicted octanol–water partition coefficient (Wildman–Crippen LogP) is 2.64. The van der Waals surface area contributed by atoms with Gasteiger partial charge >= 0.3 is 0 Å². The van der Waals surface area contributed by atoms with Crippen molar-refractivity contribution in [3.63, 3.8) is 0 Å². The number of rotatable bonds is 4. The minimum atomic E-state index is -0.738. The van der Waals surface area contributed by atoms with Crippen LogP contribution in [-0.4, -0.2) is 21.9 Å². The first-order valence-electron chi connectivity index (χ1n) is 6.31. The van der Waals surface area contributed by atoms with Crippen molar-refractivity contribution in [3.05, 3.63) is 47.9 Å². The van der Waals surface area contributed by atoms with E-state index >= 15 is 0 Å². The summed E-state index contributed by atoms with van der Waals surface area (Å²) in [6.45, 7) is 3.64. The Hall–Kier alpha value is -2.57. The largest absolute Gasteiger partial charge is 0.348 e. The summed E-state index contributed by atoms with van der Waals surface area (Å²) >= 11 is 0. The summed E-state index contributed by atoms with van der Waals surface area (Å²) in [5, 5.41) is 5.16. The Bertz CT molecular complexity index is 624. The molecule has 2 N–H and O–H groups in total. The second kappa shape index (κ2) is 6.25. The second-order valence-corrected chi connectivity index (χ2v) is 4.64. The van der Waals surface area contributed by atoms with E-state index in [0.29, 0.717) is 0 Å². The van der Waals surface area contributed by atoms with Crippen LogP contribution in [0.2, 0.25) is 0 Å². The minimum absolute atomic E-state index is 0.0235. The lowest BCUT2D eigenvalue weighted by molar-refractivity contribution is 0.0937. The van der Waals surface area contributed by atoms with Crippen LogP contribution < -0.4 is 10.6 Å². The monoisotopic (exact) mass is 292 g/mol. The van der Waals surface area contributed by atoms with E-state index in [1.54, 1.807) is 0 Å². The summed E-state index contributed by atoms with van der Waals surface area (Å²) in [5.41, 5.74) is -0.186. The number of anilines is 2. The van der Waals surface area contributed by atoms with Gasteiger partial charge in [0.25, 0.3) is 5.91 Å². The van der Waals surface area contributed by atoms with Gasteiger partial charge in [-0.3, -0.25) is 4.79 Å². The van der Waals surface area contributed by atoms with E-state index in [-0.39, 0.29) is 29.1 Å². The second-order valence-electron chi connectivity index (χ2n) is 4.64. The molecule has 2 rings (SSSR count). The average Bonchev–Trinajstić information content (AvgIpc) is 2.43. The van der Waals surface area contributed by atoms with Gasteiger partial charge in [-0.25, -0.2) is 18.7 Å². The van der Waals surface area contributed by atoms with Crippen molar-refractivity contribution in [1.29, 1.82) is 0 Å². The van der Waals surface area contributed by atoms with Crippen molar-refractivity contribution in [2.75, 3.05) is 5.32 Å². The summed E-state index contributed by atoms with van der Waals surface area (Å²) in [6.07, 6.45) is 2.47. The summed E-state index contributed by atoms with van der Waals surface area (Å²) in [5.74, 6) is -1.70. The van der Waals surface area contributed by atoms with Gasteiger partial charge in [0.05, 0.1) is 12.4 Å². The van der Waals surface area contributed by atoms with Gasteiger partial charge in [-0.15, -0.1) is 0 Å². The molecular formula is C14H14F2N4O. The SMILES string of the molecule is CC(C)NC(=O)c1cnc(Nc2c(F)cccc2F)cn1. The number of amides is 1. The molecule has 0 bridgehead atoms. The van der Waals surface area contributed by atoms with Crippen molar-refractivity contribution in [2.45, 2.75) is 19.9 Å². The van der Waals surface area contributed by atoms with Gasteiger partial charge in [-0.2, -0.15) is 0 Å². The molecule has 0 aliphatic heterocycles. The van der Waals surface area contributed by atoms with Gasteiger partial charge in [-0.05, 0) is 26.0 Å². The van der Waals surface area contributed by atoms with Crippen LogP contribution in [0.25, 0.3) is 0 Å². The molecule has 0 spiro atoms. The molecule has 1 aromatic carbocycles. The molecule has 0 unspecified atom stereocenters. The van der Waals surface area contributed by atoms with Crippen LogP contribution in [0.1, 0.15) is 24.3 Å². The first-order valence-corrected chi connectivity index (χ1v) is 6.31. The average molecular weight is 292 g/mol. The van der Waals surface area contributed by atoms with Crippen molar-refractivity contribution in [3.8, 4) is 0 Å². The molecular weight excluding hydrogens is 278 g/mol. The van der Waals surface area contributed by atoms with E-state index < -0.39 is 11.6 Å². The summed E-state index contributed by atoms with van der Waals surface area (Å²) < 4.78 is 26.9. The zero-order chi connectivity index (χ0) is 15.4. The van der Waals surface area contributed by atoms with E-state index in [1.807, 2.05) is 13.8 Å². The number of nitrogens with zero attached hydrogens (tertiary/aromatic N) is 2. The number of benzene rings is 1. The van der Waals surface area contributed by atoms with Gasteiger partial charge < -0.3 is 10.6 Å². The topological polar surface area (TPSA) is 66.9 Å². The fourth-order valence-electron chi connectivity index (χ4n) is 1.59. The van der Waals surface area contributed by atoms with Crippen LogP contribution in [0.15, 0.2) is 30.6 Å². The van der Waals surface area contributed by atoms with E-state index in [4.69, 9.17) is 0 Å². The third-order valence-corrected chi connectivity index (χ3v) is 2.52. The van der Waals surface area contributed by atoms with Gasteiger partial charge in [0, 0.05) is 6.04 Å². The number of nitrogens with one attached hydrogen (secondary N) is 2. The molecule has 2 aromatic rings. The standard InChI is InChI=1S/C14H14F2N4O/c1-8(2)19-14(21)11-6-18-12(7-17-11)20-13-9(15)4-3-5-10(13)16/h3-8H,1-2H3,(H,18,20)(H,19,21). The van der Waals surface area contributed by atoms with Gasteiger partial charge in [0.1, 0.15) is 28.8 Å². The van der Waals surface area contributed by atoms with Crippen molar-refractivity contribution >= 4 is 17.4 Å². The van der Waals surface area contributed by atoms with E-state index in [1.165, 1.54) is 18.5 Å². The number of carbonyl (C=O) groups excluding carboxylic acids is 1. The minimum Gasteiger partial charge on any atom is -0.348 e. The number of carbonyl (C=O) groups is 1.